The molecular formula is C15H10ClFN2O2. The molecule has 0 aliphatic carbocycles. The summed E-state index contributed by atoms with van der Waals surface area (Å²) < 4.78 is 18.2. The zero-order valence-corrected chi connectivity index (χ0v) is 11.7. The van der Waals surface area contributed by atoms with Crippen LogP contribution in [0.1, 0.15) is 5.56 Å². The number of hydrogen-bond acceptors (Lipinski definition) is 4. The predicted molar refractivity (Wildman–Crippen MR) is 76.5 cm³/mol. The van der Waals surface area contributed by atoms with Gasteiger partial charge in [0.15, 0.2) is 0 Å². The fourth-order valence-electron chi connectivity index (χ4n) is 1.91. The quantitative estimate of drug-likeness (QED) is 0.770. The number of phenols is 1. The van der Waals surface area contributed by atoms with E-state index in [0.717, 1.165) is 0 Å². The van der Waals surface area contributed by atoms with Gasteiger partial charge >= 0.3 is 0 Å². The molecule has 1 heterocycles. The number of nitrogens with zero attached hydrogens (tertiary/aromatic N) is 2. The van der Waals surface area contributed by atoms with Crippen LogP contribution in [0.2, 0.25) is 5.02 Å². The van der Waals surface area contributed by atoms with E-state index in [9.17, 15) is 9.50 Å². The molecule has 0 aliphatic rings. The normalized spacial score (nSPS) is 10.8. The minimum atomic E-state index is -0.429. The maximum absolute atomic E-state index is 13.0. The molecule has 1 N–H and O–H groups in total. The van der Waals surface area contributed by atoms with Gasteiger partial charge in [0, 0.05) is 11.1 Å². The Balaban J connectivity index is 2.01. The second-order valence-electron chi connectivity index (χ2n) is 4.55. The number of aromatic nitrogens is 2. The van der Waals surface area contributed by atoms with Crippen molar-refractivity contribution in [3.63, 3.8) is 0 Å². The van der Waals surface area contributed by atoms with Gasteiger partial charge in [-0.2, -0.15) is 4.98 Å². The van der Waals surface area contributed by atoms with Crippen molar-refractivity contribution in [3.8, 4) is 28.6 Å². The summed E-state index contributed by atoms with van der Waals surface area (Å²) in [6.07, 6.45) is 0. The van der Waals surface area contributed by atoms with E-state index in [1.54, 1.807) is 25.1 Å². The second-order valence-corrected chi connectivity index (χ2v) is 4.96. The van der Waals surface area contributed by atoms with Crippen LogP contribution in [0.15, 0.2) is 40.9 Å². The standard InChI is InChI=1S/C15H10ClFN2O2/c1-8-6-9(2-5-13(8)20)15-18-14(19-21-15)11-4-3-10(17)7-12(11)16/h2-7,20H,1H3. The Morgan fingerprint density at radius 3 is 2.71 bits per heavy atom. The first-order chi connectivity index (χ1) is 10.0. The van der Waals surface area contributed by atoms with Crippen LogP contribution in [0.5, 0.6) is 5.75 Å². The highest BCUT2D eigenvalue weighted by Crippen LogP contribution is 2.29. The third-order valence-electron chi connectivity index (χ3n) is 3.04. The lowest BCUT2D eigenvalue weighted by molar-refractivity contribution is 0.432. The molecule has 3 aromatic rings. The molecule has 0 saturated carbocycles. The summed E-state index contributed by atoms with van der Waals surface area (Å²) in [7, 11) is 0. The summed E-state index contributed by atoms with van der Waals surface area (Å²) in [5, 5.41) is 13.6. The van der Waals surface area contributed by atoms with Crippen molar-refractivity contribution in [1.29, 1.82) is 0 Å². The molecule has 0 unspecified atom stereocenters. The Hall–Kier alpha value is -2.40. The first kappa shape index (κ1) is 13.6. The van der Waals surface area contributed by atoms with Crippen molar-refractivity contribution in [2.45, 2.75) is 6.92 Å². The van der Waals surface area contributed by atoms with Crippen molar-refractivity contribution in [1.82, 2.24) is 10.1 Å². The van der Waals surface area contributed by atoms with Crippen LogP contribution in [0.3, 0.4) is 0 Å². The highest BCUT2D eigenvalue weighted by atomic mass is 35.5. The first-order valence-electron chi connectivity index (χ1n) is 6.14. The molecular weight excluding hydrogens is 295 g/mol. The SMILES string of the molecule is Cc1cc(-c2nc(-c3ccc(F)cc3Cl)no2)ccc1O. The summed E-state index contributed by atoms with van der Waals surface area (Å²) in [6.45, 7) is 1.77. The molecule has 3 rings (SSSR count). The van der Waals surface area contributed by atoms with Gasteiger partial charge in [-0.25, -0.2) is 4.39 Å². The van der Waals surface area contributed by atoms with Crippen LogP contribution in [0, 0.1) is 12.7 Å². The van der Waals surface area contributed by atoms with Crippen LogP contribution in [0.25, 0.3) is 22.8 Å². The van der Waals surface area contributed by atoms with Crippen molar-refractivity contribution in [2.75, 3.05) is 0 Å². The zero-order valence-electron chi connectivity index (χ0n) is 11.0. The number of halogens is 2. The fraction of sp³-hybridized carbons (Fsp3) is 0.0667. The lowest BCUT2D eigenvalue weighted by atomic mass is 10.1. The fourth-order valence-corrected chi connectivity index (χ4v) is 2.16. The number of rotatable bonds is 2. The van der Waals surface area contributed by atoms with Crippen LogP contribution in [-0.2, 0) is 0 Å². The summed E-state index contributed by atoms with van der Waals surface area (Å²) >= 11 is 5.97. The van der Waals surface area contributed by atoms with Crippen LogP contribution < -0.4 is 0 Å². The van der Waals surface area contributed by atoms with E-state index in [-0.39, 0.29) is 16.6 Å². The van der Waals surface area contributed by atoms with E-state index >= 15 is 0 Å². The summed E-state index contributed by atoms with van der Waals surface area (Å²) in [6, 6.07) is 8.93. The first-order valence-corrected chi connectivity index (χ1v) is 6.51. The van der Waals surface area contributed by atoms with Gasteiger partial charge in [0.2, 0.25) is 5.82 Å². The van der Waals surface area contributed by atoms with E-state index in [2.05, 4.69) is 10.1 Å². The molecule has 0 spiro atoms. The molecule has 0 atom stereocenters. The maximum Gasteiger partial charge on any atom is 0.258 e. The Morgan fingerprint density at radius 2 is 2.00 bits per heavy atom. The maximum atomic E-state index is 13.0. The van der Waals surface area contributed by atoms with Gasteiger partial charge in [-0.1, -0.05) is 16.8 Å². The molecule has 106 valence electrons. The Morgan fingerprint density at radius 1 is 1.19 bits per heavy atom. The topological polar surface area (TPSA) is 59.2 Å². The highest BCUT2D eigenvalue weighted by Gasteiger charge is 2.14. The van der Waals surface area contributed by atoms with Gasteiger partial charge in [-0.05, 0) is 48.9 Å². The van der Waals surface area contributed by atoms with Crippen LogP contribution in [-0.4, -0.2) is 15.2 Å². The summed E-state index contributed by atoms with van der Waals surface area (Å²) in [5.74, 6) is 0.343. The molecule has 2 aromatic carbocycles. The van der Waals surface area contributed by atoms with Gasteiger partial charge in [0.1, 0.15) is 11.6 Å². The number of hydrogen-bond donors (Lipinski definition) is 1. The molecule has 21 heavy (non-hydrogen) atoms. The number of aryl methyl sites for hydroxylation is 1. The largest absolute Gasteiger partial charge is 0.508 e. The third-order valence-corrected chi connectivity index (χ3v) is 3.35. The Kier molecular flexibility index (Phi) is 3.35. The van der Waals surface area contributed by atoms with Gasteiger partial charge in [-0.3, -0.25) is 0 Å². The third kappa shape index (κ3) is 2.60. The Labute approximate surface area is 124 Å². The van der Waals surface area contributed by atoms with Gasteiger partial charge < -0.3 is 9.63 Å². The predicted octanol–water partition coefficient (Wildman–Crippen LogP) is 4.21. The molecule has 0 aliphatic heterocycles. The lowest BCUT2D eigenvalue weighted by Crippen LogP contribution is -1.85. The van der Waals surface area contributed by atoms with E-state index < -0.39 is 5.82 Å². The van der Waals surface area contributed by atoms with E-state index in [1.807, 2.05) is 0 Å². The monoisotopic (exact) mass is 304 g/mol. The molecule has 0 saturated heterocycles. The minimum Gasteiger partial charge on any atom is -0.508 e. The lowest BCUT2D eigenvalue weighted by Gasteiger charge is -1.99. The summed E-state index contributed by atoms with van der Waals surface area (Å²) in [4.78, 5) is 4.25. The van der Waals surface area contributed by atoms with Crippen molar-refractivity contribution >= 4 is 11.6 Å². The zero-order chi connectivity index (χ0) is 15.0. The smallest absolute Gasteiger partial charge is 0.258 e. The summed E-state index contributed by atoms with van der Waals surface area (Å²) in [5.41, 5.74) is 1.87. The van der Waals surface area contributed by atoms with Gasteiger partial charge in [-0.15, -0.1) is 0 Å². The van der Waals surface area contributed by atoms with Crippen molar-refractivity contribution < 1.29 is 14.0 Å². The minimum absolute atomic E-state index is 0.195. The number of aromatic hydroxyl groups is 1. The molecule has 0 amide bonds. The van der Waals surface area contributed by atoms with E-state index in [4.69, 9.17) is 16.1 Å². The number of phenolic OH excluding ortho intramolecular Hbond substituents is 1. The molecule has 6 heteroatoms. The van der Waals surface area contributed by atoms with Crippen LogP contribution in [0.4, 0.5) is 4.39 Å². The van der Waals surface area contributed by atoms with Gasteiger partial charge in [0.25, 0.3) is 5.89 Å². The molecule has 0 fully saturated rings. The van der Waals surface area contributed by atoms with Crippen molar-refractivity contribution in [2.24, 2.45) is 0 Å². The van der Waals surface area contributed by atoms with E-state index in [1.165, 1.54) is 18.2 Å². The molecule has 1 aromatic heterocycles. The van der Waals surface area contributed by atoms with Gasteiger partial charge in [0.05, 0.1) is 5.02 Å². The Bertz CT molecular complexity index is 817. The van der Waals surface area contributed by atoms with Crippen molar-refractivity contribution in [3.05, 3.63) is 52.8 Å². The molecule has 0 radical (unpaired) electrons. The second kappa shape index (κ2) is 5.18. The van der Waals surface area contributed by atoms with E-state index in [0.29, 0.717) is 22.6 Å². The number of benzene rings is 2. The highest BCUT2D eigenvalue weighted by molar-refractivity contribution is 6.33. The molecule has 0 bridgehead atoms. The van der Waals surface area contributed by atoms with Crippen LogP contribution >= 0.6 is 11.6 Å². The average molecular weight is 305 g/mol. The average Bonchev–Trinajstić information content (AvgIpc) is 2.91. The molecule has 4 nitrogen and oxygen atoms in total.